The third-order valence-corrected chi connectivity index (χ3v) is 3.44. The molecule has 1 atom stereocenters. The minimum atomic E-state index is -1.59. The van der Waals surface area contributed by atoms with Crippen LogP contribution < -0.4 is 15.8 Å². The molecule has 0 fully saturated rings. The quantitative estimate of drug-likeness (QED) is 0.320. The zero-order chi connectivity index (χ0) is 20.0. The Morgan fingerprint density at radius 2 is 1.67 bits per heavy atom. The van der Waals surface area contributed by atoms with Crippen molar-refractivity contribution in [2.75, 3.05) is 5.73 Å². The Kier molecular flexibility index (Phi) is 6.10. The largest absolute Gasteiger partial charge is 0.481 e. The number of rotatable bonds is 7. The van der Waals surface area contributed by atoms with E-state index in [9.17, 15) is 19.2 Å². The van der Waals surface area contributed by atoms with Crippen LogP contribution in [0.3, 0.4) is 0 Å². The molecule has 9 heteroatoms. The fourth-order valence-corrected chi connectivity index (χ4v) is 2.10. The van der Waals surface area contributed by atoms with Crippen molar-refractivity contribution in [3.8, 4) is 5.75 Å². The van der Waals surface area contributed by atoms with Crippen molar-refractivity contribution in [2.24, 2.45) is 0 Å². The van der Waals surface area contributed by atoms with Gasteiger partial charge in [-0.1, -0.05) is 6.07 Å². The van der Waals surface area contributed by atoms with Gasteiger partial charge in [0.25, 0.3) is 5.91 Å². The predicted molar refractivity (Wildman–Crippen MR) is 93.4 cm³/mol. The maximum absolute atomic E-state index is 12.2. The van der Waals surface area contributed by atoms with Gasteiger partial charge in [0.15, 0.2) is 0 Å². The van der Waals surface area contributed by atoms with Gasteiger partial charge in [-0.2, -0.15) is 0 Å². The Hall–Kier alpha value is -3.88. The van der Waals surface area contributed by atoms with Crippen LogP contribution in [0.25, 0.3) is 0 Å². The molecular formula is C18H16N2O7. The molecule has 140 valence electrons. The maximum atomic E-state index is 12.2. The minimum absolute atomic E-state index is 0.00856. The third kappa shape index (κ3) is 5.56. The number of carboxylic acid groups (broad SMARTS) is 2. The van der Waals surface area contributed by atoms with Crippen molar-refractivity contribution in [3.63, 3.8) is 0 Å². The van der Waals surface area contributed by atoms with Crippen LogP contribution in [-0.2, 0) is 9.59 Å². The zero-order valence-electron chi connectivity index (χ0n) is 13.9. The summed E-state index contributed by atoms with van der Waals surface area (Å²) in [6.45, 7) is 0. The molecule has 0 saturated carbocycles. The number of nitrogens with one attached hydrogen (secondary N) is 1. The molecule has 0 saturated heterocycles. The number of nitrogens with two attached hydrogens (primary N) is 1. The zero-order valence-corrected chi connectivity index (χ0v) is 13.9. The molecule has 0 aliphatic carbocycles. The van der Waals surface area contributed by atoms with Crippen LogP contribution in [0.1, 0.15) is 27.1 Å². The summed E-state index contributed by atoms with van der Waals surface area (Å²) in [7, 11) is 0. The lowest BCUT2D eigenvalue weighted by Gasteiger charge is -2.13. The van der Waals surface area contributed by atoms with E-state index in [2.05, 4.69) is 5.32 Å². The summed E-state index contributed by atoms with van der Waals surface area (Å²) >= 11 is 0. The summed E-state index contributed by atoms with van der Waals surface area (Å²) in [4.78, 5) is 46.0. The maximum Gasteiger partial charge on any atom is 0.343 e. The summed E-state index contributed by atoms with van der Waals surface area (Å²) < 4.78 is 5.18. The smallest absolute Gasteiger partial charge is 0.343 e. The first-order valence-corrected chi connectivity index (χ1v) is 7.69. The number of benzene rings is 2. The van der Waals surface area contributed by atoms with E-state index in [0.717, 1.165) is 0 Å². The monoisotopic (exact) mass is 372 g/mol. The lowest BCUT2D eigenvalue weighted by atomic mass is 10.1. The molecule has 1 unspecified atom stereocenters. The van der Waals surface area contributed by atoms with Gasteiger partial charge in [0.2, 0.25) is 0 Å². The van der Waals surface area contributed by atoms with Gasteiger partial charge in [-0.25, -0.2) is 9.59 Å². The number of carbonyl (C=O) groups is 4. The van der Waals surface area contributed by atoms with Crippen LogP contribution in [-0.4, -0.2) is 40.1 Å². The molecule has 0 spiro atoms. The van der Waals surface area contributed by atoms with Gasteiger partial charge in [-0.05, 0) is 42.5 Å². The Labute approximate surface area is 153 Å². The number of carbonyl (C=O) groups excluding carboxylic acids is 2. The Morgan fingerprint density at radius 3 is 2.26 bits per heavy atom. The van der Waals surface area contributed by atoms with Crippen LogP contribution in [0.2, 0.25) is 0 Å². The third-order valence-electron chi connectivity index (χ3n) is 3.44. The number of nitrogen functional groups attached to an aromatic ring is 1. The number of carboxylic acids is 2. The van der Waals surface area contributed by atoms with E-state index < -0.39 is 36.3 Å². The number of amides is 1. The van der Waals surface area contributed by atoms with Crippen molar-refractivity contribution in [1.29, 1.82) is 0 Å². The lowest BCUT2D eigenvalue weighted by Crippen LogP contribution is -2.42. The standard InChI is InChI=1S/C18H16N2O7/c19-12-6-4-10(5-7-12)18(26)27-13-3-1-2-11(8-13)16(23)20-14(17(24)25)9-15(21)22/h1-8,14H,9,19H2,(H,20,23)(H,21,22)(H,24,25). The first-order valence-electron chi connectivity index (χ1n) is 7.69. The molecule has 1 amide bonds. The van der Waals surface area contributed by atoms with E-state index in [1.807, 2.05) is 0 Å². The molecule has 27 heavy (non-hydrogen) atoms. The number of ether oxygens (including phenoxy) is 1. The second kappa shape index (κ2) is 8.48. The number of aliphatic carboxylic acids is 2. The highest BCUT2D eigenvalue weighted by atomic mass is 16.5. The van der Waals surface area contributed by atoms with E-state index in [4.69, 9.17) is 20.7 Å². The van der Waals surface area contributed by atoms with E-state index in [1.54, 1.807) is 0 Å². The highest BCUT2D eigenvalue weighted by Crippen LogP contribution is 2.16. The van der Waals surface area contributed by atoms with Gasteiger partial charge in [-0.3, -0.25) is 9.59 Å². The summed E-state index contributed by atoms with van der Waals surface area (Å²) in [6, 6.07) is 9.94. The van der Waals surface area contributed by atoms with Gasteiger partial charge in [0.05, 0.1) is 12.0 Å². The van der Waals surface area contributed by atoms with Gasteiger partial charge in [0, 0.05) is 11.3 Å². The van der Waals surface area contributed by atoms with Crippen LogP contribution in [0.15, 0.2) is 48.5 Å². The van der Waals surface area contributed by atoms with Crippen LogP contribution in [0, 0.1) is 0 Å². The number of hydrogen-bond donors (Lipinski definition) is 4. The lowest BCUT2D eigenvalue weighted by molar-refractivity contribution is -0.145. The van der Waals surface area contributed by atoms with Crippen molar-refractivity contribution in [3.05, 3.63) is 59.7 Å². The van der Waals surface area contributed by atoms with Gasteiger partial charge in [-0.15, -0.1) is 0 Å². The second-order valence-corrected chi connectivity index (χ2v) is 5.50. The molecule has 2 aromatic rings. The molecule has 5 N–H and O–H groups in total. The summed E-state index contributed by atoms with van der Waals surface area (Å²) in [5, 5.41) is 19.8. The summed E-state index contributed by atoms with van der Waals surface area (Å²) in [5.41, 5.74) is 6.30. The molecule has 2 rings (SSSR count). The topological polar surface area (TPSA) is 156 Å². The van der Waals surface area contributed by atoms with E-state index >= 15 is 0 Å². The molecular weight excluding hydrogens is 356 g/mol. The number of anilines is 1. The predicted octanol–water partition coefficient (Wildman–Crippen LogP) is 1.15. The minimum Gasteiger partial charge on any atom is -0.481 e. The second-order valence-electron chi connectivity index (χ2n) is 5.50. The fraction of sp³-hybridized carbons (Fsp3) is 0.111. The molecule has 9 nitrogen and oxygen atoms in total. The van der Waals surface area contributed by atoms with Crippen molar-refractivity contribution in [1.82, 2.24) is 5.32 Å². The number of esters is 1. The van der Waals surface area contributed by atoms with Crippen LogP contribution in [0.5, 0.6) is 5.75 Å². The Bertz CT molecular complexity index is 878. The molecule has 0 bridgehead atoms. The Morgan fingerprint density at radius 1 is 1.00 bits per heavy atom. The van der Waals surface area contributed by atoms with E-state index in [1.165, 1.54) is 48.5 Å². The normalized spacial score (nSPS) is 11.3. The van der Waals surface area contributed by atoms with Crippen molar-refractivity contribution in [2.45, 2.75) is 12.5 Å². The molecule has 0 aliphatic rings. The molecule has 0 heterocycles. The van der Waals surface area contributed by atoms with Crippen molar-refractivity contribution >= 4 is 29.5 Å². The van der Waals surface area contributed by atoms with Gasteiger partial charge in [0.1, 0.15) is 11.8 Å². The molecule has 0 radical (unpaired) electrons. The summed E-state index contributed by atoms with van der Waals surface area (Å²) in [6.07, 6.45) is -0.771. The highest BCUT2D eigenvalue weighted by molar-refractivity contribution is 5.98. The van der Waals surface area contributed by atoms with Gasteiger partial charge >= 0.3 is 17.9 Å². The average molecular weight is 372 g/mol. The van der Waals surface area contributed by atoms with Crippen LogP contribution >= 0.6 is 0 Å². The molecule has 2 aromatic carbocycles. The summed E-state index contributed by atoms with van der Waals surface area (Å²) in [5.74, 6) is -4.25. The number of hydrogen-bond acceptors (Lipinski definition) is 6. The average Bonchev–Trinajstić information content (AvgIpc) is 2.61. The van der Waals surface area contributed by atoms with E-state index in [0.29, 0.717) is 5.69 Å². The molecule has 0 aromatic heterocycles. The van der Waals surface area contributed by atoms with Gasteiger partial charge < -0.3 is 26.0 Å². The SMILES string of the molecule is Nc1ccc(C(=O)Oc2cccc(C(=O)NC(CC(=O)O)C(=O)O)c2)cc1. The highest BCUT2D eigenvalue weighted by Gasteiger charge is 2.23. The fourth-order valence-electron chi connectivity index (χ4n) is 2.10. The molecule has 0 aliphatic heterocycles. The first-order chi connectivity index (χ1) is 12.8. The first kappa shape index (κ1) is 19.4. The Balaban J connectivity index is 2.10. The van der Waals surface area contributed by atoms with Crippen molar-refractivity contribution < 1.29 is 34.1 Å². The van der Waals surface area contributed by atoms with E-state index in [-0.39, 0.29) is 16.9 Å². The van der Waals surface area contributed by atoms with Crippen LogP contribution in [0.4, 0.5) is 5.69 Å².